The van der Waals surface area contributed by atoms with Crippen LogP contribution in [0, 0.1) is 5.92 Å². The van der Waals surface area contributed by atoms with E-state index in [2.05, 4.69) is 22.2 Å². The van der Waals surface area contributed by atoms with E-state index in [1.807, 2.05) is 32.2 Å². The molecule has 1 amide bonds. The van der Waals surface area contributed by atoms with Crippen LogP contribution in [-0.4, -0.2) is 35.9 Å². The van der Waals surface area contributed by atoms with Crippen molar-refractivity contribution >= 4 is 5.91 Å². The molecule has 2 rings (SSSR count). The summed E-state index contributed by atoms with van der Waals surface area (Å²) in [6.45, 7) is 5.99. The summed E-state index contributed by atoms with van der Waals surface area (Å²) in [5.41, 5.74) is 0.661. The second-order valence-corrected chi connectivity index (χ2v) is 5.96. The highest BCUT2D eigenvalue weighted by Crippen LogP contribution is 2.21. The lowest BCUT2D eigenvalue weighted by atomic mass is 9.92. The highest BCUT2D eigenvalue weighted by atomic mass is 16.2. The molecule has 1 aromatic heterocycles. The number of carbonyl (C=O) groups is 1. The molecule has 0 radical (unpaired) electrons. The fourth-order valence-electron chi connectivity index (χ4n) is 2.60. The molecule has 19 heavy (non-hydrogen) atoms. The van der Waals surface area contributed by atoms with Gasteiger partial charge in [0.05, 0.1) is 11.5 Å². The third kappa shape index (κ3) is 3.53. The molecule has 1 fully saturated rings. The van der Waals surface area contributed by atoms with Gasteiger partial charge in [0.2, 0.25) is 5.91 Å². The Kier molecular flexibility index (Phi) is 4.20. The van der Waals surface area contributed by atoms with Crippen LogP contribution in [0.25, 0.3) is 0 Å². The van der Waals surface area contributed by atoms with Crippen molar-refractivity contribution in [1.82, 2.24) is 15.2 Å². The number of hydrogen-bond acceptors (Lipinski definition) is 3. The van der Waals surface area contributed by atoms with Gasteiger partial charge in [0.25, 0.3) is 0 Å². The first-order chi connectivity index (χ1) is 8.99. The van der Waals surface area contributed by atoms with E-state index in [9.17, 15) is 4.79 Å². The Morgan fingerprint density at radius 3 is 2.95 bits per heavy atom. The van der Waals surface area contributed by atoms with Crippen LogP contribution in [0.5, 0.6) is 0 Å². The number of rotatable bonds is 3. The van der Waals surface area contributed by atoms with E-state index < -0.39 is 0 Å². The second kappa shape index (κ2) is 5.70. The van der Waals surface area contributed by atoms with Crippen molar-refractivity contribution in [1.29, 1.82) is 0 Å². The van der Waals surface area contributed by atoms with Crippen LogP contribution in [0.4, 0.5) is 0 Å². The van der Waals surface area contributed by atoms with E-state index in [1.165, 1.54) is 0 Å². The van der Waals surface area contributed by atoms with Gasteiger partial charge in [0, 0.05) is 18.9 Å². The number of carbonyl (C=O) groups excluding carboxylic acids is 1. The molecule has 4 heteroatoms. The molecule has 0 spiro atoms. The average molecular weight is 261 g/mol. The Morgan fingerprint density at radius 2 is 2.32 bits per heavy atom. The fraction of sp³-hybridized carbons (Fsp3) is 0.600. The van der Waals surface area contributed by atoms with E-state index in [0.717, 1.165) is 31.5 Å². The Morgan fingerprint density at radius 1 is 1.53 bits per heavy atom. The van der Waals surface area contributed by atoms with Crippen LogP contribution in [0.15, 0.2) is 24.5 Å². The lowest BCUT2D eigenvalue weighted by molar-refractivity contribution is -0.128. The number of nitrogens with one attached hydrogen (secondary N) is 1. The van der Waals surface area contributed by atoms with Crippen molar-refractivity contribution in [3.63, 3.8) is 0 Å². The molecule has 1 atom stereocenters. The molecule has 1 saturated heterocycles. The summed E-state index contributed by atoms with van der Waals surface area (Å²) in [5, 5.41) is 3.16. The van der Waals surface area contributed by atoms with E-state index in [1.54, 1.807) is 6.20 Å². The van der Waals surface area contributed by atoms with Crippen molar-refractivity contribution in [3.8, 4) is 0 Å². The van der Waals surface area contributed by atoms with Crippen molar-refractivity contribution in [2.45, 2.75) is 32.2 Å². The topological polar surface area (TPSA) is 45.2 Å². The first kappa shape index (κ1) is 14.0. The molecule has 104 valence electrons. The van der Waals surface area contributed by atoms with Gasteiger partial charge < -0.3 is 10.2 Å². The van der Waals surface area contributed by atoms with Crippen molar-refractivity contribution < 1.29 is 4.79 Å². The zero-order valence-corrected chi connectivity index (χ0v) is 12.0. The third-order valence-electron chi connectivity index (χ3n) is 3.81. The maximum absolute atomic E-state index is 12.4. The molecule has 4 nitrogen and oxygen atoms in total. The molecule has 1 N–H and O–H groups in total. The number of hydrogen-bond donors (Lipinski definition) is 1. The minimum Gasteiger partial charge on any atom is -0.347 e. The van der Waals surface area contributed by atoms with Crippen LogP contribution in [-0.2, 0) is 10.3 Å². The summed E-state index contributed by atoms with van der Waals surface area (Å²) in [6, 6.07) is 3.90. The first-order valence-corrected chi connectivity index (χ1v) is 6.90. The smallest absolute Gasteiger partial charge is 0.225 e. The maximum Gasteiger partial charge on any atom is 0.225 e. The minimum atomic E-state index is -0.374. The Balaban J connectivity index is 2.01. The molecular formula is C15H23N3O. The number of aromatic nitrogens is 1. The quantitative estimate of drug-likeness (QED) is 0.902. The highest BCUT2D eigenvalue weighted by molar-refractivity contribution is 5.79. The summed E-state index contributed by atoms with van der Waals surface area (Å²) in [6.07, 6.45) is 5.64. The molecule has 0 aliphatic carbocycles. The molecule has 0 aromatic carbocycles. The van der Waals surface area contributed by atoms with Gasteiger partial charge >= 0.3 is 0 Å². The summed E-state index contributed by atoms with van der Waals surface area (Å²) in [4.78, 5) is 18.7. The second-order valence-electron chi connectivity index (χ2n) is 5.96. The maximum atomic E-state index is 12.4. The molecule has 1 aromatic rings. The normalized spacial score (nSPS) is 21.1. The van der Waals surface area contributed by atoms with Gasteiger partial charge in [-0.1, -0.05) is 6.07 Å². The molecule has 1 aliphatic heterocycles. The largest absolute Gasteiger partial charge is 0.347 e. The third-order valence-corrected chi connectivity index (χ3v) is 3.81. The van der Waals surface area contributed by atoms with Gasteiger partial charge in [-0.25, -0.2) is 0 Å². The molecule has 2 heterocycles. The number of nitrogens with zero attached hydrogens (tertiary/aromatic N) is 2. The molecule has 1 aliphatic rings. The standard InChI is InChI=1S/C15H23N3O/c1-15(2,13-7-4-8-16-10-13)17-14(19)12-6-5-9-18(3)11-12/h4,7-8,10,12H,5-6,9,11H2,1-3H3,(H,17,19)/t12-/m0/s1. The SMILES string of the molecule is CN1CCC[C@H](C(=O)NC(C)(C)c2cccnc2)C1. The minimum absolute atomic E-state index is 0.106. The predicted octanol–water partition coefficient (Wildman–Crippen LogP) is 1.77. The number of piperidine rings is 1. The first-order valence-electron chi connectivity index (χ1n) is 6.90. The fourth-order valence-corrected chi connectivity index (χ4v) is 2.60. The monoisotopic (exact) mass is 261 g/mol. The highest BCUT2D eigenvalue weighted by Gasteiger charge is 2.29. The predicted molar refractivity (Wildman–Crippen MR) is 75.6 cm³/mol. The van der Waals surface area contributed by atoms with Crippen LogP contribution >= 0.6 is 0 Å². The summed E-state index contributed by atoms with van der Waals surface area (Å²) in [5.74, 6) is 0.259. The lowest BCUT2D eigenvalue weighted by Gasteiger charge is -2.33. The lowest BCUT2D eigenvalue weighted by Crippen LogP contribution is -2.48. The van der Waals surface area contributed by atoms with Crippen molar-refractivity contribution in [2.24, 2.45) is 5.92 Å². The molecule has 0 saturated carbocycles. The van der Waals surface area contributed by atoms with E-state index in [-0.39, 0.29) is 17.4 Å². The zero-order chi connectivity index (χ0) is 13.9. The Labute approximate surface area is 115 Å². The summed E-state index contributed by atoms with van der Waals surface area (Å²) in [7, 11) is 2.08. The van der Waals surface area contributed by atoms with Gasteiger partial charge in [-0.15, -0.1) is 0 Å². The van der Waals surface area contributed by atoms with Gasteiger partial charge in [-0.3, -0.25) is 9.78 Å². The van der Waals surface area contributed by atoms with Gasteiger partial charge in [-0.2, -0.15) is 0 Å². The molecule has 0 unspecified atom stereocenters. The number of likely N-dealkylation sites (tertiary alicyclic amines) is 1. The van der Waals surface area contributed by atoms with E-state index in [4.69, 9.17) is 0 Å². The van der Waals surface area contributed by atoms with Crippen LogP contribution in [0.1, 0.15) is 32.3 Å². The van der Waals surface area contributed by atoms with Crippen LogP contribution < -0.4 is 5.32 Å². The Bertz CT molecular complexity index is 430. The molecular weight excluding hydrogens is 238 g/mol. The Hall–Kier alpha value is -1.42. The number of pyridine rings is 1. The van der Waals surface area contributed by atoms with Crippen molar-refractivity contribution in [3.05, 3.63) is 30.1 Å². The van der Waals surface area contributed by atoms with Crippen LogP contribution in [0.3, 0.4) is 0 Å². The molecule has 0 bridgehead atoms. The summed E-state index contributed by atoms with van der Waals surface area (Å²) < 4.78 is 0. The van der Waals surface area contributed by atoms with Gasteiger partial charge in [0.15, 0.2) is 0 Å². The van der Waals surface area contributed by atoms with Crippen LogP contribution in [0.2, 0.25) is 0 Å². The van der Waals surface area contributed by atoms with Gasteiger partial charge in [-0.05, 0) is 51.9 Å². The van der Waals surface area contributed by atoms with Crippen molar-refractivity contribution in [2.75, 3.05) is 20.1 Å². The number of amides is 1. The summed E-state index contributed by atoms with van der Waals surface area (Å²) >= 11 is 0. The van der Waals surface area contributed by atoms with E-state index >= 15 is 0 Å². The van der Waals surface area contributed by atoms with Gasteiger partial charge in [0.1, 0.15) is 0 Å². The average Bonchev–Trinajstić information content (AvgIpc) is 2.39. The van der Waals surface area contributed by atoms with E-state index in [0.29, 0.717) is 0 Å². The zero-order valence-electron chi connectivity index (χ0n) is 12.0.